The predicted octanol–water partition coefficient (Wildman–Crippen LogP) is 4.83. The Morgan fingerprint density at radius 2 is 2.14 bits per heavy atom. The van der Waals surface area contributed by atoms with Crippen molar-refractivity contribution in [2.75, 3.05) is 6.54 Å². The van der Waals surface area contributed by atoms with Gasteiger partial charge in [-0.25, -0.2) is 0 Å². The summed E-state index contributed by atoms with van der Waals surface area (Å²) in [6.45, 7) is 2.79. The Balaban J connectivity index is 1.64. The molecule has 1 aromatic heterocycles. The molecule has 110 valence electrons. The monoisotopic (exact) mass is 299 g/mol. The smallest absolute Gasteiger partial charge is 0.261 e. The number of benzene rings is 1. The van der Waals surface area contributed by atoms with Crippen LogP contribution in [0.4, 0.5) is 0 Å². The summed E-state index contributed by atoms with van der Waals surface area (Å²) in [7, 11) is 0. The van der Waals surface area contributed by atoms with Gasteiger partial charge in [-0.2, -0.15) is 0 Å². The molecule has 1 amide bonds. The van der Waals surface area contributed by atoms with E-state index in [1.54, 1.807) is 11.3 Å². The van der Waals surface area contributed by atoms with Crippen molar-refractivity contribution in [2.24, 2.45) is 0 Å². The van der Waals surface area contributed by atoms with Crippen LogP contribution < -0.4 is 5.32 Å². The van der Waals surface area contributed by atoms with Crippen molar-refractivity contribution in [3.63, 3.8) is 0 Å². The minimum atomic E-state index is 0.0742. The van der Waals surface area contributed by atoms with Crippen molar-refractivity contribution in [3.05, 3.63) is 46.4 Å². The number of carbonyl (C=O) groups excluding carboxylic acids is 1. The maximum absolute atomic E-state index is 12.4. The Morgan fingerprint density at radius 3 is 2.90 bits per heavy atom. The fourth-order valence-electron chi connectivity index (χ4n) is 2.94. The molecule has 1 N–H and O–H groups in total. The maximum Gasteiger partial charge on any atom is 0.261 e. The Bertz CT molecular complexity index is 684. The van der Waals surface area contributed by atoms with E-state index >= 15 is 0 Å². The van der Waals surface area contributed by atoms with Crippen LogP contribution in [0.25, 0.3) is 10.1 Å². The molecular weight excluding hydrogens is 278 g/mol. The molecule has 3 rings (SSSR count). The highest BCUT2D eigenvalue weighted by Crippen LogP contribution is 2.30. The van der Waals surface area contributed by atoms with Gasteiger partial charge in [-0.1, -0.05) is 29.8 Å². The van der Waals surface area contributed by atoms with Gasteiger partial charge in [0, 0.05) is 11.2 Å². The lowest BCUT2D eigenvalue weighted by atomic mass is 9.97. The van der Waals surface area contributed by atoms with E-state index in [4.69, 9.17) is 0 Å². The van der Waals surface area contributed by atoms with Crippen LogP contribution in [0.15, 0.2) is 35.9 Å². The number of rotatable bonds is 4. The van der Waals surface area contributed by atoms with Crippen molar-refractivity contribution in [1.82, 2.24) is 5.32 Å². The van der Waals surface area contributed by atoms with Crippen molar-refractivity contribution in [1.29, 1.82) is 0 Å². The fourth-order valence-corrected chi connectivity index (χ4v) is 4.07. The quantitative estimate of drug-likeness (QED) is 0.805. The summed E-state index contributed by atoms with van der Waals surface area (Å²) in [6.07, 6.45) is 8.37. The Labute approximate surface area is 129 Å². The molecular formula is C18H21NOS. The minimum Gasteiger partial charge on any atom is -0.351 e. The summed E-state index contributed by atoms with van der Waals surface area (Å²) in [5, 5.41) is 4.28. The van der Waals surface area contributed by atoms with Gasteiger partial charge in [0.05, 0.1) is 4.88 Å². The number of thiophene rings is 1. The summed E-state index contributed by atoms with van der Waals surface area (Å²) in [4.78, 5) is 13.2. The van der Waals surface area contributed by atoms with Crippen LogP contribution in [0.5, 0.6) is 0 Å². The number of amides is 1. The molecule has 0 fully saturated rings. The maximum atomic E-state index is 12.4. The number of nitrogens with one attached hydrogen (secondary N) is 1. The molecule has 21 heavy (non-hydrogen) atoms. The third-order valence-electron chi connectivity index (χ3n) is 4.17. The topological polar surface area (TPSA) is 29.1 Å². The Morgan fingerprint density at radius 1 is 1.29 bits per heavy atom. The second-order valence-electron chi connectivity index (χ2n) is 5.67. The van der Waals surface area contributed by atoms with Gasteiger partial charge < -0.3 is 5.32 Å². The van der Waals surface area contributed by atoms with Gasteiger partial charge in [-0.15, -0.1) is 11.3 Å². The van der Waals surface area contributed by atoms with Crippen LogP contribution in [0, 0.1) is 6.92 Å². The Hall–Kier alpha value is -1.61. The zero-order valence-corrected chi connectivity index (χ0v) is 13.3. The number of carbonyl (C=O) groups is 1. The molecule has 0 bridgehead atoms. The van der Waals surface area contributed by atoms with Gasteiger partial charge in [0.1, 0.15) is 0 Å². The summed E-state index contributed by atoms with van der Waals surface area (Å²) in [5.74, 6) is 0.0742. The van der Waals surface area contributed by atoms with Gasteiger partial charge in [0.25, 0.3) is 5.91 Å². The van der Waals surface area contributed by atoms with E-state index in [0.29, 0.717) is 0 Å². The molecule has 0 atom stereocenters. The Kier molecular flexibility index (Phi) is 4.39. The second kappa shape index (κ2) is 6.44. The number of allylic oxidation sites excluding steroid dienone is 1. The molecule has 2 nitrogen and oxygen atoms in total. The normalized spacial score (nSPS) is 15.0. The van der Waals surface area contributed by atoms with Crippen LogP contribution >= 0.6 is 11.3 Å². The van der Waals surface area contributed by atoms with Crippen LogP contribution in [-0.4, -0.2) is 12.5 Å². The molecule has 1 aromatic carbocycles. The van der Waals surface area contributed by atoms with Crippen LogP contribution in [0.2, 0.25) is 0 Å². The summed E-state index contributed by atoms with van der Waals surface area (Å²) < 4.78 is 1.19. The molecule has 0 saturated heterocycles. The zero-order valence-electron chi connectivity index (χ0n) is 12.4. The third kappa shape index (κ3) is 3.18. The van der Waals surface area contributed by atoms with E-state index in [2.05, 4.69) is 23.5 Å². The molecule has 0 radical (unpaired) electrons. The summed E-state index contributed by atoms with van der Waals surface area (Å²) in [5.41, 5.74) is 2.61. The van der Waals surface area contributed by atoms with E-state index in [0.717, 1.165) is 23.4 Å². The standard InChI is InChI=1S/C18H21NOS/c1-13-15-9-5-6-10-16(15)21-17(13)18(20)19-12-11-14-7-3-2-4-8-14/h5-7,9-10H,2-4,8,11-12H2,1H3,(H,19,20). The molecule has 0 saturated carbocycles. The van der Waals surface area contributed by atoms with Gasteiger partial charge in [-0.3, -0.25) is 4.79 Å². The zero-order chi connectivity index (χ0) is 14.7. The van der Waals surface area contributed by atoms with E-state index in [-0.39, 0.29) is 5.91 Å². The first-order chi connectivity index (χ1) is 10.3. The van der Waals surface area contributed by atoms with Crippen molar-refractivity contribution in [2.45, 2.75) is 39.0 Å². The van der Waals surface area contributed by atoms with Gasteiger partial charge >= 0.3 is 0 Å². The molecule has 0 aliphatic heterocycles. The minimum absolute atomic E-state index is 0.0742. The highest BCUT2D eigenvalue weighted by Gasteiger charge is 2.14. The highest BCUT2D eigenvalue weighted by molar-refractivity contribution is 7.21. The van der Waals surface area contributed by atoms with Crippen molar-refractivity contribution >= 4 is 27.3 Å². The number of fused-ring (bicyclic) bond motifs is 1. The second-order valence-corrected chi connectivity index (χ2v) is 6.72. The number of hydrogen-bond acceptors (Lipinski definition) is 2. The van der Waals surface area contributed by atoms with Crippen molar-refractivity contribution < 1.29 is 4.79 Å². The predicted molar refractivity (Wildman–Crippen MR) is 90.1 cm³/mol. The number of hydrogen-bond donors (Lipinski definition) is 1. The first kappa shape index (κ1) is 14.3. The lowest BCUT2D eigenvalue weighted by Gasteiger charge is -2.12. The average Bonchev–Trinajstić information content (AvgIpc) is 2.86. The largest absolute Gasteiger partial charge is 0.351 e. The van der Waals surface area contributed by atoms with Gasteiger partial charge in [0.15, 0.2) is 0 Å². The SMILES string of the molecule is Cc1c(C(=O)NCCC2=CCCCC2)sc2ccccc12. The lowest BCUT2D eigenvalue weighted by molar-refractivity contribution is 0.0957. The molecule has 1 heterocycles. The molecule has 3 heteroatoms. The third-order valence-corrected chi connectivity index (χ3v) is 5.44. The lowest BCUT2D eigenvalue weighted by Crippen LogP contribution is -2.24. The summed E-state index contributed by atoms with van der Waals surface area (Å²) >= 11 is 1.59. The van der Waals surface area contributed by atoms with Crippen LogP contribution in [0.1, 0.15) is 47.3 Å². The van der Waals surface area contributed by atoms with E-state index < -0.39 is 0 Å². The highest BCUT2D eigenvalue weighted by atomic mass is 32.1. The molecule has 0 spiro atoms. The molecule has 1 aliphatic rings. The number of aryl methyl sites for hydroxylation is 1. The molecule has 1 aliphatic carbocycles. The fraction of sp³-hybridized carbons (Fsp3) is 0.389. The average molecular weight is 299 g/mol. The van der Waals surface area contributed by atoms with E-state index in [9.17, 15) is 4.79 Å². The van der Waals surface area contributed by atoms with Crippen LogP contribution in [0.3, 0.4) is 0 Å². The first-order valence-electron chi connectivity index (χ1n) is 7.70. The van der Waals surface area contributed by atoms with Crippen molar-refractivity contribution in [3.8, 4) is 0 Å². The summed E-state index contributed by atoms with van der Waals surface area (Å²) in [6, 6.07) is 8.22. The molecule has 0 unspecified atom stereocenters. The van der Waals surface area contributed by atoms with E-state index in [1.807, 2.05) is 19.1 Å². The van der Waals surface area contributed by atoms with Gasteiger partial charge in [0.2, 0.25) is 0 Å². The van der Waals surface area contributed by atoms with Gasteiger partial charge in [-0.05, 0) is 56.0 Å². The first-order valence-corrected chi connectivity index (χ1v) is 8.51. The van der Waals surface area contributed by atoms with E-state index in [1.165, 1.54) is 41.3 Å². The molecule has 2 aromatic rings. The van der Waals surface area contributed by atoms with Crippen LogP contribution in [-0.2, 0) is 0 Å².